The lowest BCUT2D eigenvalue weighted by Gasteiger charge is -2.11. The predicted molar refractivity (Wildman–Crippen MR) is 78.1 cm³/mol. The van der Waals surface area contributed by atoms with E-state index >= 15 is 0 Å². The summed E-state index contributed by atoms with van der Waals surface area (Å²) in [6.07, 6.45) is 0. The second-order valence-corrected chi connectivity index (χ2v) is 6.35. The van der Waals surface area contributed by atoms with Crippen molar-refractivity contribution in [3.05, 3.63) is 52.3 Å². The average molecular weight is 335 g/mol. The van der Waals surface area contributed by atoms with E-state index in [1.807, 2.05) is 0 Å². The maximum Gasteiger partial charge on any atom is 0.263 e. The summed E-state index contributed by atoms with van der Waals surface area (Å²) in [5, 5.41) is -0.0430. The molecule has 0 atom stereocenters. The van der Waals surface area contributed by atoms with Crippen LogP contribution >= 0.6 is 23.2 Å². The zero-order valence-electron chi connectivity index (χ0n) is 9.90. The Morgan fingerprint density at radius 3 is 2.40 bits per heavy atom. The van der Waals surface area contributed by atoms with Gasteiger partial charge in [0.05, 0.1) is 21.4 Å². The van der Waals surface area contributed by atoms with Gasteiger partial charge in [0.15, 0.2) is 0 Å². The molecule has 0 aromatic heterocycles. The molecule has 0 fully saturated rings. The minimum absolute atomic E-state index is 0.188. The molecule has 20 heavy (non-hydrogen) atoms. The summed E-state index contributed by atoms with van der Waals surface area (Å²) in [5.41, 5.74) is 5.23. The zero-order chi connectivity index (χ0) is 14.9. The Kier molecular flexibility index (Phi) is 4.08. The molecular weight excluding hydrogens is 326 g/mol. The van der Waals surface area contributed by atoms with Crippen LogP contribution in [-0.4, -0.2) is 8.42 Å². The van der Waals surface area contributed by atoms with E-state index in [2.05, 4.69) is 4.72 Å². The first-order chi connectivity index (χ1) is 9.31. The van der Waals surface area contributed by atoms with Gasteiger partial charge in [-0.3, -0.25) is 4.72 Å². The van der Waals surface area contributed by atoms with Crippen molar-refractivity contribution in [3.63, 3.8) is 0 Å². The molecule has 4 nitrogen and oxygen atoms in total. The van der Waals surface area contributed by atoms with Gasteiger partial charge < -0.3 is 5.73 Å². The summed E-state index contributed by atoms with van der Waals surface area (Å²) in [4.78, 5) is -0.321. The minimum Gasteiger partial charge on any atom is -0.396 e. The Bertz CT molecular complexity index is 766. The molecule has 2 aromatic rings. The molecule has 0 amide bonds. The summed E-state index contributed by atoms with van der Waals surface area (Å²) in [7, 11) is -4.02. The van der Waals surface area contributed by atoms with E-state index in [9.17, 15) is 12.8 Å². The summed E-state index contributed by atoms with van der Waals surface area (Å²) in [6.45, 7) is 0. The van der Waals surface area contributed by atoms with Gasteiger partial charge in [-0.05, 0) is 24.3 Å². The standard InChI is InChI=1S/C12H9Cl2FN2O2S/c13-7-3-1-2-4-11(7)17-20(18,19)12-6-10(16)9(15)5-8(12)14/h1-6,17H,16H2. The van der Waals surface area contributed by atoms with Gasteiger partial charge in [-0.2, -0.15) is 0 Å². The van der Waals surface area contributed by atoms with Gasteiger partial charge in [0, 0.05) is 0 Å². The third-order valence-electron chi connectivity index (χ3n) is 2.46. The number of nitrogens with one attached hydrogen (secondary N) is 1. The van der Waals surface area contributed by atoms with Crippen molar-refractivity contribution in [3.8, 4) is 0 Å². The molecule has 0 aliphatic heterocycles. The van der Waals surface area contributed by atoms with Crippen LogP contribution in [0.1, 0.15) is 0 Å². The van der Waals surface area contributed by atoms with E-state index in [1.54, 1.807) is 12.1 Å². The number of para-hydroxylation sites is 1. The number of anilines is 2. The Labute approximate surface area is 125 Å². The third-order valence-corrected chi connectivity index (χ3v) is 4.62. The van der Waals surface area contributed by atoms with Gasteiger partial charge in [0.2, 0.25) is 0 Å². The summed E-state index contributed by atoms with van der Waals surface area (Å²) >= 11 is 11.6. The molecule has 0 aliphatic rings. The normalized spacial score (nSPS) is 11.3. The summed E-state index contributed by atoms with van der Waals surface area (Å²) in [5.74, 6) is -0.785. The van der Waals surface area contributed by atoms with Crippen molar-refractivity contribution in [2.45, 2.75) is 4.90 Å². The fourth-order valence-electron chi connectivity index (χ4n) is 1.49. The second kappa shape index (κ2) is 5.47. The van der Waals surface area contributed by atoms with Crippen LogP contribution in [0.2, 0.25) is 10.0 Å². The number of sulfonamides is 1. The molecule has 0 bridgehead atoms. The van der Waals surface area contributed by atoms with Crippen molar-refractivity contribution < 1.29 is 12.8 Å². The molecule has 2 rings (SSSR count). The maximum absolute atomic E-state index is 13.2. The summed E-state index contributed by atoms with van der Waals surface area (Å²) in [6, 6.07) is 8.09. The molecular formula is C12H9Cl2FN2O2S. The highest BCUT2D eigenvalue weighted by Crippen LogP contribution is 2.29. The molecule has 2 aromatic carbocycles. The lowest BCUT2D eigenvalue weighted by molar-refractivity contribution is 0.600. The van der Waals surface area contributed by atoms with E-state index < -0.39 is 15.8 Å². The largest absolute Gasteiger partial charge is 0.396 e. The predicted octanol–water partition coefficient (Wildman–Crippen LogP) is 3.52. The number of nitrogens with two attached hydrogens (primary N) is 1. The van der Waals surface area contributed by atoms with Gasteiger partial charge in [0.1, 0.15) is 10.7 Å². The first-order valence-corrected chi connectivity index (χ1v) is 7.57. The zero-order valence-corrected chi connectivity index (χ0v) is 12.2. The van der Waals surface area contributed by atoms with Gasteiger partial charge in [-0.15, -0.1) is 0 Å². The SMILES string of the molecule is Nc1cc(S(=O)(=O)Nc2ccccc2Cl)c(Cl)cc1F. The molecule has 0 unspecified atom stereocenters. The third kappa shape index (κ3) is 2.98. The van der Waals surface area contributed by atoms with E-state index in [0.717, 1.165) is 12.1 Å². The Balaban J connectivity index is 2.47. The maximum atomic E-state index is 13.2. The van der Waals surface area contributed by atoms with Gasteiger partial charge >= 0.3 is 0 Å². The number of rotatable bonds is 3. The molecule has 0 saturated heterocycles. The van der Waals surface area contributed by atoms with Crippen molar-refractivity contribution in [1.82, 2.24) is 0 Å². The van der Waals surface area contributed by atoms with Crippen molar-refractivity contribution in [2.24, 2.45) is 0 Å². The minimum atomic E-state index is -4.02. The fraction of sp³-hybridized carbons (Fsp3) is 0. The topological polar surface area (TPSA) is 72.2 Å². The lowest BCUT2D eigenvalue weighted by atomic mass is 10.3. The Morgan fingerprint density at radius 2 is 1.75 bits per heavy atom. The van der Waals surface area contributed by atoms with E-state index in [0.29, 0.717) is 0 Å². The van der Waals surface area contributed by atoms with Crippen LogP contribution in [0.5, 0.6) is 0 Å². The van der Waals surface area contributed by atoms with Crippen LogP contribution < -0.4 is 10.5 Å². The second-order valence-electron chi connectivity index (χ2n) is 3.89. The highest BCUT2D eigenvalue weighted by molar-refractivity contribution is 7.92. The molecule has 3 N–H and O–H groups in total. The summed E-state index contributed by atoms with van der Waals surface area (Å²) < 4.78 is 39.9. The number of hydrogen-bond donors (Lipinski definition) is 2. The van der Waals surface area contributed by atoms with Crippen molar-refractivity contribution in [2.75, 3.05) is 10.5 Å². The number of nitrogen functional groups attached to an aromatic ring is 1. The van der Waals surface area contributed by atoms with Crippen molar-refractivity contribution >= 4 is 44.6 Å². The number of halogens is 3. The molecule has 0 radical (unpaired) electrons. The fourth-order valence-corrected chi connectivity index (χ4v) is 3.36. The average Bonchev–Trinajstić information content (AvgIpc) is 2.36. The van der Waals surface area contributed by atoms with Crippen molar-refractivity contribution in [1.29, 1.82) is 0 Å². The molecule has 0 aliphatic carbocycles. The van der Waals surface area contributed by atoms with Gasteiger partial charge in [0.25, 0.3) is 10.0 Å². The lowest BCUT2D eigenvalue weighted by Crippen LogP contribution is -2.14. The molecule has 0 heterocycles. The Morgan fingerprint density at radius 1 is 1.10 bits per heavy atom. The van der Waals surface area contributed by atoms with Crippen LogP contribution in [0.4, 0.5) is 15.8 Å². The molecule has 0 saturated carbocycles. The van der Waals surface area contributed by atoms with Crippen LogP contribution in [0.15, 0.2) is 41.3 Å². The number of benzene rings is 2. The van der Waals surface area contributed by atoms with E-state index in [4.69, 9.17) is 28.9 Å². The Hall–Kier alpha value is -1.50. The van der Waals surface area contributed by atoms with Crippen LogP contribution in [-0.2, 0) is 10.0 Å². The quantitative estimate of drug-likeness (QED) is 0.843. The van der Waals surface area contributed by atoms with E-state index in [1.165, 1.54) is 12.1 Å². The van der Waals surface area contributed by atoms with Gasteiger partial charge in [-0.1, -0.05) is 35.3 Å². The highest BCUT2D eigenvalue weighted by atomic mass is 35.5. The number of hydrogen-bond acceptors (Lipinski definition) is 3. The van der Waals surface area contributed by atoms with Crippen LogP contribution in [0, 0.1) is 5.82 Å². The van der Waals surface area contributed by atoms with E-state index in [-0.39, 0.29) is 26.3 Å². The molecule has 8 heteroatoms. The van der Waals surface area contributed by atoms with Crippen LogP contribution in [0.25, 0.3) is 0 Å². The van der Waals surface area contributed by atoms with Gasteiger partial charge in [-0.25, -0.2) is 12.8 Å². The molecule has 0 spiro atoms. The molecule has 106 valence electrons. The highest BCUT2D eigenvalue weighted by Gasteiger charge is 2.21. The first-order valence-electron chi connectivity index (χ1n) is 5.33. The smallest absolute Gasteiger partial charge is 0.263 e. The first kappa shape index (κ1) is 14.9. The van der Waals surface area contributed by atoms with Crippen LogP contribution in [0.3, 0.4) is 0 Å². The monoisotopic (exact) mass is 334 g/mol.